The topological polar surface area (TPSA) is 38.3 Å². The number of hydrogen-bond donors (Lipinski definition) is 1. The van der Waals surface area contributed by atoms with Crippen LogP contribution in [0.25, 0.3) is 0 Å². The van der Waals surface area contributed by atoms with Crippen molar-refractivity contribution in [2.24, 2.45) is 0 Å². The van der Waals surface area contributed by atoms with E-state index in [1.54, 1.807) is 0 Å². The first kappa shape index (κ1) is 8.66. The Balaban J connectivity index is 1.73. The summed E-state index contributed by atoms with van der Waals surface area (Å²) in [5, 5.41) is 3.53. The van der Waals surface area contributed by atoms with Crippen LogP contribution in [0.2, 0.25) is 0 Å². The maximum Gasteiger partial charge on any atom is 0.0691 e. The highest BCUT2D eigenvalue weighted by Crippen LogP contribution is 2.15. The zero-order valence-electron chi connectivity index (χ0n) is 7.12. The fourth-order valence-electron chi connectivity index (χ4n) is 1.54. The molecule has 2 aliphatic rings. The highest BCUT2D eigenvalue weighted by Gasteiger charge is 2.27. The molecule has 3 nitrogen and oxygen atoms in total. The lowest BCUT2D eigenvalue weighted by Gasteiger charge is -2.27. The highest BCUT2D eigenvalue weighted by molar-refractivity contribution is 7.85. The predicted octanol–water partition coefficient (Wildman–Crippen LogP) is -0.114. The Hall–Kier alpha value is 0.0700. The van der Waals surface area contributed by atoms with Gasteiger partial charge < -0.3 is 10.1 Å². The van der Waals surface area contributed by atoms with Gasteiger partial charge in [-0.05, 0) is 12.8 Å². The number of ether oxygens (including phenoxy) is 1. The van der Waals surface area contributed by atoms with Gasteiger partial charge in [0.2, 0.25) is 0 Å². The molecular weight excluding hydrogens is 174 g/mol. The molecule has 0 aromatic carbocycles. The van der Waals surface area contributed by atoms with Crippen molar-refractivity contribution >= 4 is 10.8 Å². The van der Waals surface area contributed by atoms with Gasteiger partial charge in [-0.15, -0.1) is 0 Å². The number of nitrogens with one attached hydrogen (secondary N) is 1. The summed E-state index contributed by atoms with van der Waals surface area (Å²) < 4.78 is 17.0. The summed E-state index contributed by atoms with van der Waals surface area (Å²) in [7, 11) is -0.655. The van der Waals surface area contributed by atoms with Gasteiger partial charge in [0.1, 0.15) is 0 Å². The minimum atomic E-state index is -0.655. The fourth-order valence-corrected chi connectivity index (χ4v) is 3.05. The van der Waals surface area contributed by atoms with Gasteiger partial charge in [-0.25, -0.2) is 0 Å². The number of rotatable bonds is 3. The molecule has 2 saturated heterocycles. The largest absolute Gasteiger partial charge is 0.377 e. The van der Waals surface area contributed by atoms with Gasteiger partial charge in [0.15, 0.2) is 0 Å². The lowest BCUT2D eigenvalue weighted by molar-refractivity contribution is 0.128. The van der Waals surface area contributed by atoms with Gasteiger partial charge in [-0.1, -0.05) is 0 Å². The van der Waals surface area contributed by atoms with Crippen LogP contribution in [0.1, 0.15) is 12.8 Å². The summed E-state index contributed by atoms with van der Waals surface area (Å²) in [4.78, 5) is 0. The average molecular weight is 189 g/mol. The van der Waals surface area contributed by atoms with Crippen LogP contribution in [0.15, 0.2) is 0 Å². The molecule has 0 amide bonds. The molecule has 0 bridgehead atoms. The standard InChI is InChI=1S/C8H15NO2S/c10-12(8-4-9-5-8)6-7-2-1-3-11-7/h7-9H,1-6H2. The van der Waals surface area contributed by atoms with E-state index < -0.39 is 10.8 Å². The molecule has 4 heteroatoms. The van der Waals surface area contributed by atoms with E-state index in [4.69, 9.17) is 4.74 Å². The Morgan fingerprint density at radius 3 is 2.83 bits per heavy atom. The van der Waals surface area contributed by atoms with Gasteiger partial charge >= 0.3 is 0 Å². The van der Waals surface area contributed by atoms with Crippen LogP contribution in [0, 0.1) is 0 Å². The van der Waals surface area contributed by atoms with Crippen LogP contribution in [0.5, 0.6) is 0 Å². The molecule has 0 spiro atoms. The molecule has 2 fully saturated rings. The second-order valence-corrected chi connectivity index (χ2v) is 5.22. The summed E-state index contributed by atoms with van der Waals surface area (Å²) >= 11 is 0. The lowest BCUT2D eigenvalue weighted by atomic mass is 10.3. The van der Waals surface area contributed by atoms with Gasteiger partial charge in [0, 0.05) is 30.5 Å². The maximum absolute atomic E-state index is 11.6. The van der Waals surface area contributed by atoms with E-state index in [0.29, 0.717) is 5.25 Å². The minimum absolute atomic E-state index is 0.284. The molecule has 2 aliphatic heterocycles. The van der Waals surface area contributed by atoms with Crippen molar-refractivity contribution < 1.29 is 8.95 Å². The molecule has 2 atom stereocenters. The van der Waals surface area contributed by atoms with E-state index in [9.17, 15) is 4.21 Å². The van der Waals surface area contributed by atoms with Crippen molar-refractivity contribution in [1.29, 1.82) is 0 Å². The molecule has 2 heterocycles. The minimum Gasteiger partial charge on any atom is -0.377 e. The first-order valence-electron chi connectivity index (χ1n) is 4.56. The molecule has 0 aliphatic carbocycles. The third kappa shape index (κ3) is 1.87. The second kappa shape index (κ2) is 3.85. The molecule has 0 saturated carbocycles. The summed E-state index contributed by atoms with van der Waals surface area (Å²) in [6, 6.07) is 0. The van der Waals surface area contributed by atoms with Gasteiger partial charge in [-0.3, -0.25) is 4.21 Å². The Morgan fingerprint density at radius 1 is 1.50 bits per heavy atom. The van der Waals surface area contributed by atoms with E-state index in [1.165, 1.54) is 0 Å². The van der Waals surface area contributed by atoms with Crippen molar-refractivity contribution in [3.8, 4) is 0 Å². The third-order valence-corrected chi connectivity index (χ3v) is 4.27. The Kier molecular flexibility index (Phi) is 2.78. The normalized spacial score (nSPS) is 33.2. The summed E-state index contributed by atoms with van der Waals surface area (Å²) in [5.41, 5.74) is 0. The lowest BCUT2D eigenvalue weighted by Crippen LogP contribution is -2.50. The Labute approximate surface area is 75.3 Å². The van der Waals surface area contributed by atoms with Crippen LogP contribution in [0.3, 0.4) is 0 Å². The SMILES string of the molecule is O=S(CC1CCCO1)C1CNC1. The van der Waals surface area contributed by atoms with Crippen molar-refractivity contribution in [1.82, 2.24) is 5.32 Å². The van der Waals surface area contributed by atoms with E-state index in [0.717, 1.165) is 38.3 Å². The molecule has 1 N–H and O–H groups in total. The van der Waals surface area contributed by atoms with Crippen molar-refractivity contribution in [3.63, 3.8) is 0 Å². The third-order valence-electron chi connectivity index (χ3n) is 2.49. The van der Waals surface area contributed by atoms with Crippen LogP contribution < -0.4 is 5.32 Å². The van der Waals surface area contributed by atoms with Gasteiger partial charge in [-0.2, -0.15) is 0 Å². The van der Waals surface area contributed by atoms with Crippen LogP contribution >= 0.6 is 0 Å². The van der Waals surface area contributed by atoms with Crippen LogP contribution in [-0.2, 0) is 15.5 Å². The number of hydrogen-bond acceptors (Lipinski definition) is 3. The Morgan fingerprint density at radius 2 is 2.33 bits per heavy atom. The van der Waals surface area contributed by atoms with Crippen molar-refractivity contribution in [2.75, 3.05) is 25.4 Å². The van der Waals surface area contributed by atoms with Crippen molar-refractivity contribution in [3.05, 3.63) is 0 Å². The summed E-state index contributed by atoms with van der Waals surface area (Å²) in [5.74, 6) is 0.756. The fraction of sp³-hybridized carbons (Fsp3) is 1.00. The molecule has 70 valence electrons. The first-order valence-corrected chi connectivity index (χ1v) is 5.94. The summed E-state index contributed by atoms with van der Waals surface area (Å²) in [6.07, 6.45) is 2.53. The molecule has 12 heavy (non-hydrogen) atoms. The van der Waals surface area contributed by atoms with E-state index in [-0.39, 0.29) is 6.10 Å². The second-order valence-electron chi connectivity index (χ2n) is 3.46. The zero-order valence-corrected chi connectivity index (χ0v) is 7.94. The molecule has 0 aromatic rings. The van der Waals surface area contributed by atoms with Crippen LogP contribution in [-0.4, -0.2) is 41.0 Å². The molecule has 2 rings (SSSR count). The van der Waals surface area contributed by atoms with Crippen LogP contribution in [0.4, 0.5) is 0 Å². The van der Waals surface area contributed by atoms with E-state index in [1.807, 2.05) is 0 Å². The van der Waals surface area contributed by atoms with Gasteiger partial charge in [0.05, 0.1) is 17.1 Å². The quantitative estimate of drug-likeness (QED) is 0.673. The smallest absolute Gasteiger partial charge is 0.0691 e. The highest BCUT2D eigenvalue weighted by atomic mass is 32.2. The zero-order chi connectivity index (χ0) is 8.39. The summed E-state index contributed by atoms with van der Waals surface area (Å²) in [6.45, 7) is 2.73. The Bertz CT molecular complexity index is 176. The maximum atomic E-state index is 11.6. The van der Waals surface area contributed by atoms with Crippen molar-refractivity contribution in [2.45, 2.75) is 24.2 Å². The molecule has 0 aromatic heterocycles. The first-order chi connectivity index (χ1) is 5.86. The van der Waals surface area contributed by atoms with E-state index >= 15 is 0 Å². The predicted molar refractivity (Wildman–Crippen MR) is 48.6 cm³/mol. The molecular formula is C8H15NO2S. The molecule has 2 unspecified atom stereocenters. The van der Waals surface area contributed by atoms with Gasteiger partial charge in [0.25, 0.3) is 0 Å². The van der Waals surface area contributed by atoms with E-state index in [2.05, 4.69) is 5.32 Å². The average Bonchev–Trinajstić information content (AvgIpc) is 2.34. The monoisotopic (exact) mass is 189 g/mol. The molecule has 0 radical (unpaired) electrons.